The van der Waals surface area contributed by atoms with Gasteiger partial charge >= 0.3 is 0 Å². The quantitative estimate of drug-likeness (QED) is 0.654. The molecule has 0 spiro atoms. The van der Waals surface area contributed by atoms with Gasteiger partial charge < -0.3 is 10.6 Å². The molecule has 0 unspecified atom stereocenters. The number of pyridine rings is 1. The van der Waals surface area contributed by atoms with Crippen LogP contribution in [0.3, 0.4) is 0 Å². The van der Waals surface area contributed by atoms with Crippen LogP contribution >= 0.6 is 11.3 Å². The second kappa shape index (κ2) is 8.10. The first kappa shape index (κ1) is 18.1. The summed E-state index contributed by atoms with van der Waals surface area (Å²) in [6, 6.07) is 10.9. The number of carbonyl (C=O) groups is 1. The third-order valence-corrected chi connectivity index (χ3v) is 4.72. The summed E-state index contributed by atoms with van der Waals surface area (Å²) in [7, 11) is 2.03. The van der Waals surface area contributed by atoms with Crippen molar-refractivity contribution >= 4 is 35.7 Å². The minimum Gasteiger partial charge on any atom is -0.365 e. The fourth-order valence-corrected chi connectivity index (χ4v) is 3.24. The average Bonchev–Trinajstić information content (AvgIpc) is 3.06. The van der Waals surface area contributed by atoms with Gasteiger partial charge in [0.05, 0.1) is 12.1 Å². The first-order valence-corrected chi connectivity index (χ1v) is 8.81. The van der Waals surface area contributed by atoms with E-state index in [0.717, 1.165) is 17.0 Å². The van der Waals surface area contributed by atoms with Crippen molar-refractivity contribution in [3.8, 4) is 0 Å². The molecule has 0 radical (unpaired) electrons. The van der Waals surface area contributed by atoms with Crippen molar-refractivity contribution in [3.63, 3.8) is 0 Å². The van der Waals surface area contributed by atoms with Crippen molar-refractivity contribution in [2.24, 2.45) is 0 Å². The summed E-state index contributed by atoms with van der Waals surface area (Å²) in [5.74, 6) is -1.72. The van der Waals surface area contributed by atoms with E-state index in [1.807, 2.05) is 20.0 Å². The van der Waals surface area contributed by atoms with Gasteiger partial charge in [0.25, 0.3) is 5.91 Å². The van der Waals surface area contributed by atoms with Crippen LogP contribution in [-0.2, 0) is 13.1 Å². The number of carbonyl (C=O) groups excluding carboxylic acids is 1. The van der Waals surface area contributed by atoms with E-state index < -0.39 is 11.6 Å². The molecule has 0 bridgehead atoms. The molecule has 0 saturated carbocycles. The first-order valence-electron chi connectivity index (χ1n) is 7.99. The van der Waals surface area contributed by atoms with E-state index in [0.29, 0.717) is 23.5 Å². The molecule has 0 aliphatic rings. The zero-order chi connectivity index (χ0) is 18.5. The molecular formula is C18H16BF2N3OS. The molecule has 2 heterocycles. The lowest BCUT2D eigenvalue weighted by Gasteiger charge is -2.11. The smallest absolute Gasteiger partial charge is 0.255 e. The predicted molar refractivity (Wildman–Crippen MR) is 102 cm³/mol. The molecule has 0 atom stereocenters. The van der Waals surface area contributed by atoms with Gasteiger partial charge in [-0.2, -0.15) is 11.3 Å². The second-order valence-corrected chi connectivity index (χ2v) is 7.07. The summed E-state index contributed by atoms with van der Waals surface area (Å²) in [5, 5.41) is 5.87. The molecule has 0 saturated heterocycles. The van der Waals surface area contributed by atoms with E-state index >= 15 is 0 Å². The van der Waals surface area contributed by atoms with Crippen LogP contribution in [0, 0.1) is 11.6 Å². The molecule has 132 valence electrons. The topological polar surface area (TPSA) is 54.0 Å². The minimum absolute atomic E-state index is 0.0918. The summed E-state index contributed by atoms with van der Waals surface area (Å²) in [6.45, 7) is 0.660. The maximum atomic E-state index is 13.2. The Labute approximate surface area is 154 Å². The zero-order valence-electron chi connectivity index (χ0n) is 14.1. The molecule has 4 nitrogen and oxygen atoms in total. The van der Waals surface area contributed by atoms with Crippen LogP contribution in [0.1, 0.15) is 20.8 Å². The lowest BCUT2D eigenvalue weighted by molar-refractivity contribution is 0.0951. The van der Waals surface area contributed by atoms with Crippen LogP contribution in [0.2, 0.25) is 0 Å². The van der Waals surface area contributed by atoms with Crippen LogP contribution < -0.4 is 15.4 Å². The van der Waals surface area contributed by atoms with E-state index in [2.05, 4.69) is 15.6 Å². The summed E-state index contributed by atoms with van der Waals surface area (Å²) in [5.41, 5.74) is 0.869. The maximum Gasteiger partial charge on any atom is 0.255 e. The molecule has 0 fully saturated rings. The number of hydrogen-bond donors (Lipinski definition) is 2. The van der Waals surface area contributed by atoms with Gasteiger partial charge in [-0.15, -0.1) is 0 Å². The van der Waals surface area contributed by atoms with E-state index in [1.165, 1.54) is 10.8 Å². The monoisotopic (exact) mass is 371 g/mol. The zero-order valence-corrected chi connectivity index (χ0v) is 14.9. The highest BCUT2D eigenvalue weighted by molar-refractivity contribution is 7.20. The third kappa shape index (κ3) is 4.46. The molecule has 3 aromatic rings. The van der Waals surface area contributed by atoms with Crippen molar-refractivity contribution in [1.29, 1.82) is 0 Å². The summed E-state index contributed by atoms with van der Waals surface area (Å²) >= 11 is 1.67. The van der Waals surface area contributed by atoms with Crippen molar-refractivity contribution < 1.29 is 13.6 Å². The van der Waals surface area contributed by atoms with E-state index in [4.69, 9.17) is 0 Å². The lowest BCUT2D eigenvalue weighted by Crippen LogP contribution is -2.24. The van der Waals surface area contributed by atoms with Crippen molar-refractivity contribution in [1.82, 2.24) is 10.3 Å². The Morgan fingerprint density at radius 3 is 2.69 bits per heavy atom. The Hall–Kier alpha value is -2.74. The second-order valence-electron chi connectivity index (χ2n) is 5.70. The Bertz CT molecular complexity index is 932. The third-order valence-electron chi connectivity index (χ3n) is 3.72. The van der Waals surface area contributed by atoms with Crippen molar-refractivity contribution in [2.45, 2.75) is 13.1 Å². The summed E-state index contributed by atoms with van der Waals surface area (Å²) in [4.78, 5) is 17.8. The SMILES string of the molecule is Bc1ccc(CNc2ncccc2C(=O)NCc2ccc(F)c(F)c2)s1. The molecule has 3 rings (SSSR count). The average molecular weight is 371 g/mol. The van der Waals surface area contributed by atoms with Gasteiger partial charge in [0.1, 0.15) is 5.82 Å². The number of aromatic nitrogens is 1. The minimum atomic E-state index is -0.938. The van der Waals surface area contributed by atoms with E-state index in [9.17, 15) is 13.6 Å². The molecule has 8 heteroatoms. The van der Waals surface area contributed by atoms with Gasteiger partial charge in [-0.25, -0.2) is 13.8 Å². The number of halogens is 2. The van der Waals surface area contributed by atoms with Crippen LogP contribution in [0.4, 0.5) is 14.6 Å². The standard InChI is InChI=1S/C18H16BF2N3OS/c19-16-6-4-12(26-16)10-23-17-13(2-1-7-22-17)18(25)24-9-11-3-5-14(20)15(21)8-11/h1-8H,9-10,19H2,(H,22,23)(H,24,25). The molecule has 0 aliphatic heterocycles. The van der Waals surface area contributed by atoms with Gasteiger partial charge in [-0.3, -0.25) is 4.79 Å². The van der Waals surface area contributed by atoms with Crippen LogP contribution in [-0.4, -0.2) is 18.7 Å². The van der Waals surface area contributed by atoms with Gasteiger partial charge in [-0.1, -0.05) is 12.1 Å². The number of thiophene rings is 1. The molecule has 2 N–H and O–H groups in total. The number of hydrogen-bond acceptors (Lipinski definition) is 4. The lowest BCUT2D eigenvalue weighted by atomic mass is 10.1. The number of benzene rings is 1. The molecule has 26 heavy (non-hydrogen) atoms. The molecule has 1 amide bonds. The maximum absolute atomic E-state index is 13.2. The Balaban J connectivity index is 1.66. The van der Waals surface area contributed by atoms with Crippen molar-refractivity contribution in [2.75, 3.05) is 5.32 Å². The highest BCUT2D eigenvalue weighted by Gasteiger charge is 2.12. The van der Waals surface area contributed by atoms with Crippen molar-refractivity contribution in [3.05, 3.63) is 76.3 Å². The van der Waals surface area contributed by atoms with E-state index in [-0.39, 0.29) is 12.5 Å². The predicted octanol–water partition coefficient (Wildman–Crippen LogP) is 2.22. The highest BCUT2D eigenvalue weighted by Crippen LogP contribution is 2.15. The van der Waals surface area contributed by atoms with Gasteiger partial charge in [-0.05, 0) is 40.7 Å². The molecule has 1 aromatic carbocycles. The Kier molecular flexibility index (Phi) is 5.63. The number of nitrogens with one attached hydrogen (secondary N) is 2. The number of anilines is 1. The summed E-state index contributed by atoms with van der Waals surface area (Å²) < 4.78 is 27.4. The number of amides is 1. The molecule has 0 aliphatic carbocycles. The highest BCUT2D eigenvalue weighted by atomic mass is 32.1. The number of nitrogens with zero attached hydrogens (tertiary/aromatic N) is 1. The fraction of sp³-hybridized carbons (Fsp3) is 0.111. The number of rotatable bonds is 6. The fourth-order valence-electron chi connectivity index (χ4n) is 2.41. The normalized spacial score (nSPS) is 10.5. The Morgan fingerprint density at radius 1 is 1.12 bits per heavy atom. The van der Waals surface area contributed by atoms with E-state index in [1.54, 1.807) is 29.7 Å². The van der Waals surface area contributed by atoms with Gasteiger partial charge in [0.15, 0.2) is 19.5 Å². The molecular weight excluding hydrogens is 355 g/mol. The first-order chi connectivity index (χ1) is 12.5. The van der Waals surface area contributed by atoms with Gasteiger partial charge in [0, 0.05) is 17.6 Å². The van der Waals surface area contributed by atoms with Crippen LogP contribution in [0.15, 0.2) is 48.7 Å². The van der Waals surface area contributed by atoms with Crippen LogP contribution in [0.5, 0.6) is 0 Å². The largest absolute Gasteiger partial charge is 0.365 e. The molecule has 2 aromatic heterocycles. The van der Waals surface area contributed by atoms with Crippen LogP contribution in [0.25, 0.3) is 0 Å². The Morgan fingerprint density at radius 2 is 1.96 bits per heavy atom. The van der Waals surface area contributed by atoms with Gasteiger partial charge in [0.2, 0.25) is 0 Å². The summed E-state index contributed by atoms with van der Waals surface area (Å²) in [6.07, 6.45) is 1.61.